The molecule has 0 aliphatic carbocycles. The number of hydrogen-bond donors (Lipinski definition) is 3. The minimum atomic E-state index is -0.902. The monoisotopic (exact) mass is 349 g/mol. The molecule has 6 nitrogen and oxygen atoms in total. The van der Waals surface area contributed by atoms with Crippen LogP contribution in [0.15, 0.2) is 54.2 Å². The molecule has 1 amide bonds. The zero-order chi connectivity index (χ0) is 19.1. The minimum Gasteiger partial charge on any atom is -0.481 e. The number of carboxylic acids is 1. The van der Waals surface area contributed by atoms with E-state index in [0.717, 1.165) is 11.1 Å². The molecule has 3 N–H and O–H groups in total. The highest BCUT2D eigenvalue weighted by Gasteiger charge is 2.10. The van der Waals surface area contributed by atoms with Crippen LogP contribution in [0.25, 0.3) is 0 Å². The number of amides is 1. The number of carbonyl (C=O) groups is 2. The van der Waals surface area contributed by atoms with Crippen LogP contribution in [0, 0.1) is 25.2 Å². The van der Waals surface area contributed by atoms with Gasteiger partial charge in [-0.3, -0.25) is 9.59 Å². The van der Waals surface area contributed by atoms with Gasteiger partial charge in [-0.05, 0) is 43.2 Å². The number of nitrogens with zero attached hydrogens (tertiary/aromatic N) is 1. The van der Waals surface area contributed by atoms with Crippen molar-refractivity contribution in [1.29, 1.82) is 5.26 Å². The van der Waals surface area contributed by atoms with Crippen molar-refractivity contribution in [3.63, 3.8) is 0 Å². The van der Waals surface area contributed by atoms with Crippen LogP contribution in [-0.4, -0.2) is 17.0 Å². The normalized spacial score (nSPS) is 10.7. The summed E-state index contributed by atoms with van der Waals surface area (Å²) in [5.74, 6) is -1.41. The molecule has 2 aromatic carbocycles. The van der Waals surface area contributed by atoms with Gasteiger partial charge in [0.25, 0.3) is 5.91 Å². The van der Waals surface area contributed by atoms with Crippen LogP contribution in [-0.2, 0) is 16.0 Å². The molecule has 0 saturated carbocycles. The van der Waals surface area contributed by atoms with Gasteiger partial charge in [-0.2, -0.15) is 5.26 Å². The molecule has 0 fully saturated rings. The summed E-state index contributed by atoms with van der Waals surface area (Å²) in [4.78, 5) is 22.9. The highest BCUT2D eigenvalue weighted by molar-refractivity contribution is 6.07. The fourth-order valence-electron chi connectivity index (χ4n) is 2.34. The van der Waals surface area contributed by atoms with Gasteiger partial charge in [0.1, 0.15) is 11.6 Å². The van der Waals surface area contributed by atoms with E-state index in [4.69, 9.17) is 5.11 Å². The third kappa shape index (κ3) is 5.21. The summed E-state index contributed by atoms with van der Waals surface area (Å²) in [6.45, 7) is 3.85. The maximum Gasteiger partial charge on any atom is 0.307 e. The van der Waals surface area contributed by atoms with Crippen molar-refractivity contribution in [2.24, 2.45) is 0 Å². The van der Waals surface area contributed by atoms with Gasteiger partial charge >= 0.3 is 5.97 Å². The number of benzene rings is 2. The van der Waals surface area contributed by atoms with E-state index in [-0.39, 0.29) is 12.0 Å². The molecule has 0 bridgehead atoms. The lowest BCUT2D eigenvalue weighted by molar-refractivity contribution is -0.136. The quantitative estimate of drug-likeness (QED) is 0.548. The first-order valence-corrected chi connectivity index (χ1v) is 7.95. The SMILES string of the molecule is Cc1ccc(NC(=O)/C(C#N)=C\Nc2ccc(CC(=O)O)cc2)c(C)c1. The van der Waals surface area contributed by atoms with E-state index in [0.29, 0.717) is 16.9 Å². The fourth-order valence-corrected chi connectivity index (χ4v) is 2.34. The van der Waals surface area contributed by atoms with Gasteiger partial charge in [-0.1, -0.05) is 29.8 Å². The molecule has 0 atom stereocenters. The molecular weight excluding hydrogens is 330 g/mol. The van der Waals surface area contributed by atoms with Crippen molar-refractivity contribution in [2.75, 3.05) is 10.6 Å². The Morgan fingerprint density at radius 3 is 2.42 bits per heavy atom. The predicted octanol–water partition coefficient (Wildman–Crippen LogP) is 3.39. The summed E-state index contributed by atoms with van der Waals surface area (Å²) in [7, 11) is 0. The molecule has 2 aromatic rings. The summed E-state index contributed by atoms with van der Waals surface area (Å²) >= 11 is 0. The van der Waals surface area contributed by atoms with Crippen LogP contribution in [0.1, 0.15) is 16.7 Å². The van der Waals surface area contributed by atoms with Crippen molar-refractivity contribution in [1.82, 2.24) is 0 Å². The zero-order valence-electron chi connectivity index (χ0n) is 14.5. The molecule has 132 valence electrons. The lowest BCUT2D eigenvalue weighted by Gasteiger charge is -2.09. The average Bonchev–Trinajstić information content (AvgIpc) is 2.59. The van der Waals surface area contributed by atoms with Gasteiger partial charge in [0.2, 0.25) is 0 Å². The Hall–Kier alpha value is -3.59. The van der Waals surface area contributed by atoms with Crippen molar-refractivity contribution in [2.45, 2.75) is 20.3 Å². The first-order chi connectivity index (χ1) is 12.4. The topological polar surface area (TPSA) is 102 Å². The highest BCUT2D eigenvalue weighted by Crippen LogP contribution is 2.17. The minimum absolute atomic E-state index is 0.0577. The first kappa shape index (κ1) is 18.7. The average molecular weight is 349 g/mol. The summed E-state index contributed by atoms with van der Waals surface area (Å²) in [5.41, 5.74) is 3.90. The molecule has 0 aliphatic heterocycles. The Morgan fingerprint density at radius 1 is 1.15 bits per heavy atom. The van der Waals surface area contributed by atoms with Gasteiger partial charge in [0.15, 0.2) is 0 Å². The number of nitriles is 1. The summed E-state index contributed by atoms with van der Waals surface area (Å²) < 4.78 is 0. The number of rotatable bonds is 6. The van der Waals surface area contributed by atoms with E-state index in [2.05, 4.69) is 10.6 Å². The lowest BCUT2D eigenvalue weighted by Crippen LogP contribution is -2.15. The van der Waals surface area contributed by atoms with Crippen LogP contribution in [0.4, 0.5) is 11.4 Å². The van der Waals surface area contributed by atoms with E-state index in [9.17, 15) is 14.9 Å². The molecule has 6 heteroatoms. The zero-order valence-corrected chi connectivity index (χ0v) is 14.5. The van der Waals surface area contributed by atoms with E-state index in [1.807, 2.05) is 32.0 Å². The molecule has 0 aliphatic rings. The number of aliphatic carboxylic acids is 1. The van der Waals surface area contributed by atoms with Crippen LogP contribution < -0.4 is 10.6 Å². The number of carbonyl (C=O) groups excluding carboxylic acids is 1. The van der Waals surface area contributed by atoms with Crippen LogP contribution >= 0.6 is 0 Å². The predicted molar refractivity (Wildman–Crippen MR) is 99.6 cm³/mol. The van der Waals surface area contributed by atoms with Gasteiger partial charge in [-0.25, -0.2) is 0 Å². The van der Waals surface area contributed by atoms with Crippen LogP contribution in [0.5, 0.6) is 0 Å². The van der Waals surface area contributed by atoms with Gasteiger partial charge in [0, 0.05) is 17.6 Å². The largest absolute Gasteiger partial charge is 0.481 e. The van der Waals surface area contributed by atoms with Crippen LogP contribution in [0.2, 0.25) is 0 Å². The third-order valence-corrected chi connectivity index (χ3v) is 3.69. The summed E-state index contributed by atoms with van der Waals surface area (Å²) in [6.07, 6.45) is 1.27. The Kier molecular flexibility index (Phi) is 6.12. The molecule has 0 radical (unpaired) electrons. The number of aryl methyl sites for hydroxylation is 2. The second kappa shape index (κ2) is 8.49. The lowest BCUT2D eigenvalue weighted by atomic mass is 10.1. The van der Waals surface area contributed by atoms with E-state index < -0.39 is 11.9 Å². The Labute approximate surface area is 151 Å². The third-order valence-electron chi connectivity index (χ3n) is 3.69. The Morgan fingerprint density at radius 2 is 1.85 bits per heavy atom. The van der Waals surface area contributed by atoms with Gasteiger partial charge in [-0.15, -0.1) is 0 Å². The number of nitrogens with one attached hydrogen (secondary N) is 2. The first-order valence-electron chi connectivity index (χ1n) is 7.95. The highest BCUT2D eigenvalue weighted by atomic mass is 16.4. The van der Waals surface area contributed by atoms with Crippen molar-refractivity contribution < 1.29 is 14.7 Å². The Balaban J connectivity index is 2.06. The van der Waals surface area contributed by atoms with E-state index in [1.54, 1.807) is 30.3 Å². The molecule has 0 spiro atoms. The molecule has 0 saturated heterocycles. The van der Waals surface area contributed by atoms with Gasteiger partial charge < -0.3 is 15.7 Å². The fraction of sp³-hybridized carbons (Fsp3) is 0.150. The molecule has 0 heterocycles. The van der Waals surface area contributed by atoms with Crippen molar-refractivity contribution in [3.05, 3.63) is 70.9 Å². The number of hydrogen-bond acceptors (Lipinski definition) is 4. The standard InChI is InChI=1S/C20H19N3O3/c1-13-3-8-18(14(2)9-13)23-20(26)16(11-21)12-22-17-6-4-15(5-7-17)10-19(24)25/h3-9,12,22H,10H2,1-2H3,(H,23,26)(H,24,25)/b16-12-. The van der Waals surface area contributed by atoms with Crippen molar-refractivity contribution >= 4 is 23.3 Å². The number of carboxylic acid groups (broad SMARTS) is 1. The molecule has 26 heavy (non-hydrogen) atoms. The maximum atomic E-state index is 12.3. The molecule has 0 unspecified atom stereocenters. The second-order valence-corrected chi connectivity index (χ2v) is 5.85. The van der Waals surface area contributed by atoms with E-state index in [1.165, 1.54) is 6.20 Å². The van der Waals surface area contributed by atoms with Crippen molar-refractivity contribution in [3.8, 4) is 6.07 Å². The summed E-state index contributed by atoms with van der Waals surface area (Å²) in [6, 6.07) is 14.2. The van der Waals surface area contributed by atoms with Crippen LogP contribution in [0.3, 0.4) is 0 Å². The second-order valence-electron chi connectivity index (χ2n) is 5.85. The smallest absolute Gasteiger partial charge is 0.307 e. The number of anilines is 2. The van der Waals surface area contributed by atoms with Gasteiger partial charge in [0.05, 0.1) is 6.42 Å². The molecule has 0 aromatic heterocycles. The molecular formula is C20H19N3O3. The van der Waals surface area contributed by atoms with E-state index >= 15 is 0 Å². The molecule has 2 rings (SSSR count). The summed E-state index contributed by atoms with van der Waals surface area (Å²) in [5, 5.41) is 23.6. The maximum absolute atomic E-state index is 12.3. The Bertz CT molecular complexity index is 894.